The fraction of sp³-hybridized carbons (Fsp3) is 0.545. The normalized spacial score (nSPS) is 14.4. The Balaban J connectivity index is 0.000000316. The smallest absolute Gasteiger partial charge is 0.348 e. The second kappa shape index (κ2) is 10.2. The van der Waals surface area contributed by atoms with Gasteiger partial charge in [-0.15, -0.1) is 0 Å². The van der Waals surface area contributed by atoms with Gasteiger partial charge in [0.15, 0.2) is 0 Å². The molecule has 1 fully saturated rings. The van der Waals surface area contributed by atoms with E-state index in [-0.39, 0.29) is 23.0 Å². The van der Waals surface area contributed by atoms with Gasteiger partial charge in [0, 0.05) is 32.4 Å². The highest BCUT2D eigenvalue weighted by Crippen LogP contribution is 2.28. The molecule has 0 atom stereocenters. The Hall–Kier alpha value is -2.58. The quantitative estimate of drug-likeness (QED) is 0.673. The molecule has 2 aromatic rings. The van der Waals surface area contributed by atoms with Crippen LogP contribution in [0.4, 0.5) is 17.6 Å². The number of halogens is 4. The van der Waals surface area contributed by atoms with Crippen LogP contribution in [0.3, 0.4) is 0 Å². The lowest BCUT2D eigenvalue weighted by atomic mass is 9.99. The minimum atomic E-state index is -4.48. The third-order valence-corrected chi connectivity index (χ3v) is 5.19. The molecule has 1 aliphatic heterocycles. The van der Waals surface area contributed by atoms with E-state index in [1.807, 2.05) is 18.7 Å². The number of aromatic amines is 1. The van der Waals surface area contributed by atoms with Crippen LogP contribution in [0.15, 0.2) is 18.2 Å². The van der Waals surface area contributed by atoms with Crippen LogP contribution in [0, 0.1) is 5.82 Å². The maximum atomic E-state index is 13.8. The molecular weight excluding hydrogens is 414 g/mol. The fourth-order valence-corrected chi connectivity index (χ4v) is 3.58. The number of H-pyrrole nitrogens is 1. The standard InChI is InChI=1S/C15H16F4N2O.C7H13NO/c1-8(2)9-4-5-11(16)13-10(9)6-12(20-13)14(22)21(3)7-15(17,18)19;1-7(9)8-5-3-2-4-6-8/h4-6,8,20H,7H2,1-3H3;2-6H2,1H3. The molecule has 172 valence electrons. The number of alkyl halides is 3. The van der Waals surface area contributed by atoms with Gasteiger partial charge in [0.25, 0.3) is 5.91 Å². The number of benzene rings is 1. The van der Waals surface area contributed by atoms with Crippen LogP contribution in [0.5, 0.6) is 0 Å². The zero-order chi connectivity index (χ0) is 23.3. The van der Waals surface area contributed by atoms with Gasteiger partial charge in [0.05, 0.1) is 5.52 Å². The van der Waals surface area contributed by atoms with Crippen LogP contribution in [-0.4, -0.2) is 59.5 Å². The van der Waals surface area contributed by atoms with E-state index in [0.29, 0.717) is 10.3 Å². The van der Waals surface area contributed by atoms with E-state index in [9.17, 15) is 27.2 Å². The molecule has 2 amide bonds. The number of aromatic nitrogens is 1. The van der Waals surface area contributed by atoms with Crippen molar-refractivity contribution in [3.05, 3.63) is 35.3 Å². The highest BCUT2D eigenvalue weighted by Gasteiger charge is 2.32. The van der Waals surface area contributed by atoms with Crippen molar-refractivity contribution in [3.63, 3.8) is 0 Å². The average molecular weight is 443 g/mol. The van der Waals surface area contributed by atoms with Crippen molar-refractivity contribution in [3.8, 4) is 0 Å². The molecule has 0 unspecified atom stereocenters. The molecule has 0 aliphatic carbocycles. The molecule has 9 heteroatoms. The molecule has 3 rings (SSSR count). The maximum Gasteiger partial charge on any atom is 0.406 e. The molecule has 5 nitrogen and oxygen atoms in total. The summed E-state index contributed by atoms with van der Waals surface area (Å²) in [5.41, 5.74) is 0.897. The first-order valence-corrected chi connectivity index (χ1v) is 10.3. The van der Waals surface area contributed by atoms with Gasteiger partial charge in [-0.05, 0) is 42.9 Å². The Labute approximate surface area is 179 Å². The van der Waals surface area contributed by atoms with E-state index in [1.165, 1.54) is 31.4 Å². The number of hydrogen-bond acceptors (Lipinski definition) is 2. The summed E-state index contributed by atoms with van der Waals surface area (Å²) in [5.74, 6) is -1.05. The molecular formula is C22H29F4N3O2. The molecule has 1 saturated heterocycles. The zero-order valence-corrected chi connectivity index (χ0v) is 18.3. The number of amides is 2. The lowest BCUT2D eigenvalue weighted by Gasteiger charge is -2.24. The molecule has 1 aromatic heterocycles. The van der Waals surface area contributed by atoms with Gasteiger partial charge in [-0.2, -0.15) is 13.2 Å². The second-order valence-electron chi connectivity index (χ2n) is 8.11. The summed E-state index contributed by atoms with van der Waals surface area (Å²) in [6.07, 6.45) is -0.798. The summed E-state index contributed by atoms with van der Waals surface area (Å²) in [6.45, 7) is 6.07. The van der Waals surface area contributed by atoms with E-state index < -0.39 is 24.4 Å². The van der Waals surface area contributed by atoms with Gasteiger partial charge in [-0.25, -0.2) is 4.39 Å². The Kier molecular flexibility index (Phi) is 8.08. The first-order chi connectivity index (χ1) is 14.4. The zero-order valence-electron chi connectivity index (χ0n) is 18.3. The van der Waals surface area contributed by atoms with Crippen molar-refractivity contribution in [2.24, 2.45) is 0 Å². The lowest BCUT2D eigenvalue weighted by molar-refractivity contribution is -0.138. The molecule has 2 heterocycles. The lowest BCUT2D eigenvalue weighted by Crippen LogP contribution is -2.35. The monoisotopic (exact) mass is 443 g/mol. The third kappa shape index (κ3) is 6.70. The number of piperidine rings is 1. The molecule has 0 saturated carbocycles. The van der Waals surface area contributed by atoms with Gasteiger partial charge in [0.2, 0.25) is 5.91 Å². The predicted octanol–water partition coefficient (Wildman–Crippen LogP) is 5.08. The summed E-state index contributed by atoms with van der Waals surface area (Å²) in [5, 5.41) is 0.513. The van der Waals surface area contributed by atoms with Gasteiger partial charge >= 0.3 is 6.18 Å². The molecule has 31 heavy (non-hydrogen) atoms. The van der Waals surface area contributed by atoms with Crippen LogP contribution in [-0.2, 0) is 4.79 Å². The summed E-state index contributed by atoms with van der Waals surface area (Å²) in [7, 11) is 1.06. The summed E-state index contributed by atoms with van der Waals surface area (Å²) in [6, 6.07) is 4.30. The van der Waals surface area contributed by atoms with E-state index in [4.69, 9.17) is 0 Å². The third-order valence-electron chi connectivity index (χ3n) is 5.19. The van der Waals surface area contributed by atoms with Crippen molar-refractivity contribution < 1.29 is 27.2 Å². The first-order valence-electron chi connectivity index (χ1n) is 10.3. The molecule has 0 spiro atoms. The van der Waals surface area contributed by atoms with Crippen LogP contribution >= 0.6 is 0 Å². The number of hydrogen-bond donors (Lipinski definition) is 1. The predicted molar refractivity (Wildman–Crippen MR) is 111 cm³/mol. The van der Waals surface area contributed by atoms with E-state index in [2.05, 4.69) is 4.98 Å². The Morgan fingerprint density at radius 3 is 2.26 bits per heavy atom. The SMILES string of the molecule is CC(=O)N1CCCCC1.CC(C)c1ccc(F)c2[nH]c(C(=O)N(C)CC(F)(F)F)cc12. The Bertz CT molecular complexity index is 915. The number of nitrogens with one attached hydrogen (secondary N) is 1. The highest BCUT2D eigenvalue weighted by molar-refractivity contribution is 5.99. The summed E-state index contributed by atoms with van der Waals surface area (Å²) >= 11 is 0. The summed E-state index contributed by atoms with van der Waals surface area (Å²) < 4.78 is 50.9. The average Bonchev–Trinajstić information content (AvgIpc) is 3.13. The van der Waals surface area contributed by atoms with Gasteiger partial charge < -0.3 is 14.8 Å². The van der Waals surface area contributed by atoms with E-state index in [1.54, 1.807) is 13.0 Å². The highest BCUT2D eigenvalue weighted by atomic mass is 19.4. The minimum Gasteiger partial charge on any atom is -0.348 e. The number of nitrogens with zero attached hydrogens (tertiary/aromatic N) is 2. The van der Waals surface area contributed by atoms with Crippen molar-refractivity contribution in [1.29, 1.82) is 0 Å². The fourth-order valence-electron chi connectivity index (χ4n) is 3.58. The molecule has 0 bridgehead atoms. The van der Waals surface area contributed by atoms with Crippen LogP contribution in [0.25, 0.3) is 10.9 Å². The largest absolute Gasteiger partial charge is 0.406 e. The number of likely N-dealkylation sites (tertiary alicyclic amines) is 1. The topological polar surface area (TPSA) is 56.4 Å². The van der Waals surface area contributed by atoms with Crippen LogP contribution in [0.1, 0.15) is 62.0 Å². The van der Waals surface area contributed by atoms with Crippen LogP contribution in [0.2, 0.25) is 0 Å². The molecule has 1 aliphatic rings. The van der Waals surface area contributed by atoms with Gasteiger partial charge in [-0.3, -0.25) is 9.59 Å². The molecule has 0 radical (unpaired) electrons. The van der Waals surface area contributed by atoms with Crippen molar-refractivity contribution >= 4 is 22.7 Å². The van der Waals surface area contributed by atoms with Gasteiger partial charge in [0.1, 0.15) is 18.1 Å². The minimum absolute atomic E-state index is 0.0613. The van der Waals surface area contributed by atoms with Crippen molar-refractivity contribution in [2.75, 3.05) is 26.7 Å². The number of rotatable bonds is 3. The number of fused-ring (bicyclic) bond motifs is 1. The molecule has 1 N–H and O–H groups in total. The Morgan fingerprint density at radius 2 is 1.77 bits per heavy atom. The number of carbonyl (C=O) groups is 2. The van der Waals surface area contributed by atoms with Crippen LogP contribution < -0.4 is 0 Å². The maximum absolute atomic E-state index is 13.8. The van der Waals surface area contributed by atoms with E-state index >= 15 is 0 Å². The second-order valence-corrected chi connectivity index (χ2v) is 8.11. The molecule has 1 aromatic carbocycles. The van der Waals surface area contributed by atoms with Crippen molar-refractivity contribution in [2.45, 2.75) is 52.1 Å². The summed E-state index contributed by atoms with van der Waals surface area (Å²) in [4.78, 5) is 27.8. The van der Waals surface area contributed by atoms with Crippen molar-refractivity contribution in [1.82, 2.24) is 14.8 Å². The Morgan fingerprint density at radius 1 is 1.16 bits per heavy atom. The number of carbonyl (C=O) groups excluding carboxylic acids is 2. The van der Waals surface area contributed by atoms with E-state index in [0.717, 1.165) is 25.7 Å². The first kappa shape index (κ1) is 24.7. The van der Waals surface area contributed by atoms with Gasteiger partial charge in [-0.1, -0.05) is 19.9 Å².